The van der Waals surface area contributed by atoms with E-state index in [9.17, 15) is 9.59 Å². The molecule has 2 amide bonds. The summed E-state index contributed by atoms with van der Waals surface area (Å²) in [5.41, 5.74) is 7.62. The fourth-order valence-electron chi connectivity index (χ4n) is 3.27. The van der Waals surface area contributed by atoms with Crippen molar-refractivity contribution in [1.29, 1.82) is 0 Å². The maximum atomic E-state index is 12.3. The molecule has 1 heterocycles. The first-order valence-corrected chi connectivity index (χ1v) is 9.35. The van der Waals surface area contributed by atoms with Crippen LogP contribution in [0.1, 0.15) is 29.3 Å². The Morgan fingerprint density at radius 2 is 1.93 bits per heavy atom. The van der Waals surface area contributed by atoms with Crippen molar-refractivity contribution in [2.24, 2.45) is 0 Å². The molecule has 148 valence electrons. The van der Waals surface area contributed by atoms with Crippen LogP contribution >= 0.6 is 0 Å². The van der Waals surface area contributed by atoms with Gasteiger partial charge in [0.05, 0.1) is 20.3 Å². The van der Waals surface area contributed by atoms with Gasteiger partial charge in [-0.25, -0.2) is 0 Å². The lowest BCUT2D eigenvalue weighted by molar-refractivity contribution is -0.120. The van der Waals surface area contributed by atoms with Gasteiger partial charge in [-0.2, -0.15) is 0 Å². The van der Waals surface area contributed by atoms with Crippen molar-refractivity contribution in [3.8, 4) is 11.5 Å². The third kappa shape index (κ3) is 4.54. The number of hydrogen-bond acceptors (Lipinski definition) is 5. The molecule has 28 heavy (non-hydrogen) atoms. The molecular weight excluding hydrogens is 358 g/mol. The first-order chi connectivity index (χ1) is 13.6. The molecule has 7 nitrogen and oxygen atoms in total. The number of benzene rings is 2. The summed E-state index contributed by atoms with van der Waals surface area (Å²) < 4.78 is 10.7. The lowest BCUT2D eigenvalue weighted by Crippen LogP contribution is -2.47. The Bertz CT molecular complexity index is 853. The average Bonchev–Trinajstić information content (AvgIpc) is 2.73. The van der Waals surface area contributed by atoms with Crippen LogP contribution in [0.5, 0.6) is 11.5 Å². The van der Waals surface area contributed by atoms with E-state index in [4.69, 9.17) is 9.47 Å². The number of hydrogen-bond donors (Lipinski definition) is 2. The number of amides is 2. The van der Waals surface area contributed by atoms with Gasteiger partial charge in [0.15, 0.2) is 11.5 Å². The second-order valence-corrected chi connectivity index (χ2v) is 6.45. The number of carbonyl (C=O) groups is 2. The Kier molecular flexibility index (Phi) is 6.37. The molecule has 0 spiro atoms. The van der Waals surface area contributed by atoms with Gasteiger partial charge in [-0.05, 0) is 49.6 Å². The third-order valence-corrected chi connectivity index (χ3v) is 4.58. The molecule has 0 saturated carbocycles. The third-order valence-electron chi connectivity index (χ3n) is 4.58. The molecule has 3 rings (SSSR count). The predicted molar refractivity (Wildman–Crippen MR) is 107 cm³/mol. The number of fused-ring (bicyclic) bond motifs is 1. The van der Waals surface area contributed by atoms with E-state index in [1.807, 2.05) is 30.0 Å². The molecule has 0 unspecified atom stereocenters. The van der Waals surface area contributed by atoms with E-state index in [1.165, 1.54) is 12.7 Å². The monoisotopic (exact) mass is 383 g/mol. The maximum absolute atomic E-state index is 12.3. The van der Waals surface area contributed by atoms with Gasteiger partial charge in [-0.1, -0.05) is 18.2 Å². The van der Waals surface area contributed by atoms with Gasteiger partial charge in [0, 0.05) is 17.8 Å². The summed E-state index contributed by atoms with van der Waals surface area (Å²) in [4.78, 5) is 26.7. The van der Waals surface area contributed by atoms with Crippen LogP contribution in [0.15, 0.2) is 42.5 Å². The molecule has 0 fully saturated rings. The Labute approximate surface area is 164 Å². The van der Waals surface area contributed by atoms with E-state index in [0.29, 0.717) is 23.7 Å². The van der Waals surface area contributed by atoms with Crippen molar-refractivity contribution in [3.63, 3.8) is 0 Å². The lowest BCUT2D eigenvalue weighted by Gasteiger charge is -2.30. The van der Waals surface area contributed by atoms with Gasteiger partial charge in [-0.3, -0.25) is 20.4 Å². The van der Waals surface area contributed by atoms with Crippen molar-refractivity contribution in [3.05, 3.63) is 53.6 Å². The van der Waals surface area contributed by atoms with E-state index >= 15 is 0 Å². The SMILES string of the molecule is CCOc1ccc(C(=O)NNC(=O)CN2CCCc3ccccc32)cc1OC. The highest BCUT2D eigenvalue weighted by Gasteiger charge is 2.19. The molecule has 2 aromatic rings. The minimum Gasteiger partial charge on any atom is -0.493 e. The number of anilines is 1. The fraction of sp³-hybridized carbons (Fsp3) is 0.333. The highest BCUT2D eigenvalue weighted by Crippen LogP contribution is 2.28. The second-order valence-electron chi connectivity index (χ2n) is 6.45. The van der Waals surface area contributed by atoms with Crippen LogP contribution in [0.4, 0.5) is 5.69 Å². The van der Waals surface area contributed by atoms with Crippen molar-refractivity contribution in [1.82, 2.24) is 10.9 Å². The minimum absolute atomic E-state index is 0.184. The molecule has 0 radical (unpaired) electrons. The predicted octanol–water partition coefficient (Wildman–Crippen LogP) is 2.31. The number of nitrogens with one attached hydrogen (secondary N) is 2. The summed E-state index contributed by atoms with van der Waals surface area (Å²) in [6.07, 6.45) is 2.02. The molecule has 2 aromatic carbocycles. The molecule has 0 aliphatic carbocycles. The Morgan fingerprint density at radius 1 is 1.11 bits per heavy atom. The molecule has 0 bridgehead atoms. The summed E-state index contributed by atoms with van der Waals surface area (Å²) in [5.74, 6) is 0.330. The fourth-order valence-corrected chi connectivity index (χ4v) is 3.27. The zero-order valence-electron chi connectivity index (χ0n) is 16.2. The van der Waals surface area contributed by atoms with Gasteiger partial charge in [-0.15, -0.1) is 0 Å². The van der Waals surface area contributed by atoms with Crippen molar-refractivity contribution in [2.75, 3.05) is 31.7 Å². The molecule has 1 aliphatic heterocycles. The van der Waals surface area contributed by atoms with Gasteiger partial charge in [0.2, 0.25) is 0 Å². The average molecular weight is 383 g/mol. The molecular formula is C21H25N3O4. The Morgan fingerprint density at radius 3 is 2.71 bits per heavy atom. The maximum Gasteiger partial charge on any atom is 0.269 e. The van der Waals surface area contributed by atoms with Crippen molar-refractivity contribution < 1.29 is 19.1 Å². The standard InChI is InChI=1S/C21H25N3O4/c1-3-28-18-11-10-16(13-19(18)27-2)21(26)23-22-20(25)14-24-12-6-8-15-7-4-5-9-17(15)24/h4-5,7,9-11,13H,3,6,8,12,14H2,1-2H3,(H,22,25)(H,23,26). The number of nitrogens with zero attached hydrogens (tertiary/aromatic N) is 1. The number of hydrazine groups is 1. The van der Waals surface area contributed by atoms with E-state index in [1.54, 1.807) is 18.2 Å². The first-order valence-electron chi connectivity index (χ1n) is 9.35. The van der Waals surface area contributed by atoms with Gasteiger partial charge >= 0.3 is 0 Å². The quantitative estimate of drug-likeness (QED) is 0.749. The van der Waals surface area contributed by atoms with Crippen LogP contribution in [0.25, 0.3) is 0 Å². The molecule has 0 atom stereocenters. The largest absolute Gasteiger partial charge is 0.493 e. The van der Waals surface area contributed by atoms with Crippen molar-refractivity contribution in [2.45, 2.75) is 19.8 Å². The number of para-hydroxylation sites is 1. The summed E-state index contributed by atoms with van der Waals surface area (Å²) in [7, 11) is 1.51. The van der Waals surface area contributed by atoms with Crippen LogP contribution in [-0.4, -0.2) is 38.6 Å². The molecule has 2 N–H and O–H groups in total. The van der Waals surface area contributed by atoms with Gasteiger partial charge < -0.3 is 14.4 Å². The zero-order chi connectivity index (χ0) is 19.9. The van der Waals surface area contributed by atoms with Crippen LogP contribution in [0.3, 0.4) is 0 Å². The normalized spacial score (nSPS) is 12.7. The Balaban J connectivity index is 1.57. The van der Waals surface area contributed by atoms with E-state index in [2.05, 4.69) is 16.9 Å². The lowest BCUT2D eigenvalue weighted by atomic mass is 10.0. The first kappa shape index (κ1) is 19.5. The van der Waals surface area contributed by atoms with Crippen LogP contribution in [0.2, 0.25) is 0 Å². The van der Waals surface area contributed by atoms with Gasteiger partial charge in [0.1, 0.15) is 0 Å². The van der Waals surface area contributed by atoms with E-state index < -0.39 is 5.91 Å². The Hall–Kier alpha value is -3.22. The van der Waals surface area contributed by atoms with Crippen molar-refractivity contribution >= 4 is 17.5 Å². The highest BCUT2D eigenvalue weighted by molar-refractivity contribution is 5.96. The zero-order valence-corrected chi connectivity index (χ0v) is 16.2. The highest BCUT2D eigenvalue weighted by atomic mass is 16.5. The number of ether oxygens (including phenoxy) is 2. The summed E-state index contributed by atoms with van der Waals surface area (Å²) >= 11 is 0. The van der Waals surface area contributed by atoms with E-state index in [-0.39, 0.29) is 12.5 Å². The van der Waals surface area contributed by atoms with Crippen LogP contribution in [-0.2, 0) is 11.2 Å². The van der Waals surface area contributed by atoms with Crippen LogP contribution < -0.4 is 25.2 Å². The van der Waals surface area contributed by atoms with Gasteiger partial charge in [0.25, 0.3) is 11.8 Å². The number of rotatable bonds is 6. The number of methoxy groups -OCH3 is 1. The van der Waals surface area contributed by atoms with E-state index in [0.717, 1.165) is 25.1 Å². The second kappa shape index (κ2) is 9.12. The molecule has 0 saturated heterocycles. The summed E-state index contributed by atoms with van der Waals surface area (Å²) in [6.45, 7) is 3.37. The summed E-state index contributed by atoms with van der Waals surface area (Å²) in [6, 6.07) is 12.9. The molecule has 7 heteroatoms. The minimum atomic E-state index is -0.422. The smallest absolute Gasteiger partial charge is 0.269 e. The number of aryl methyl sites for hydroxylation is 1. The number of carbonyl (C=O) groups excluding carboxylic acids is 2. The molecule has 1 aliphatic rings. The summed E-state index contributed by atoms with van der Waals surface area (Å²) in [5, 5.41) is 0. The van der Waals surface area contributed by atoms with Crippen LogP contribution in [0, 0.1) is 0 Å². The molecule has 0 aromatic heterocycles. The topological polar surface area (TPSA) is 79.9 Å².